The summed E-state index contributed by atoms with van der Waals surface area (Å²) in [6.07, 6.45) is 5.36. The molecule has 4 heterocycles. The molecule has 5 atom stereocenters. The van der Waals surface area contributed by atoms with Crippen LogP contribution < -0.4 is 4.74 Å². The molecule has 7 rings (SSSR count). The second-order valence-electron chi connectivity index (χ2n) is 11.4. The summed E-state index contributed by atoms with van der Waals surface area (Å²) >= 11 is 0. The molecular formula is C31H39N3O2. The van der Waals surface area contributed by atoms with Crippen molar-refractivity contribution < 1.29 is 9.53 Å². The zero-order valence-corrected chi connectivity index (χ0v) is 22.0. The minimum atomic E-state index is 0.232. The summed E-state index contributed by atoms with van der Waals surface area (Å²) < 4.78 is 8.37. The van der Waals surface area contributed by atoms with Gasteiger partial charge in [0.1, 0.15) is 12.4 Å². The Kier molecular flexibility index (Phi) is 6.38. The predicted molar refractivity (Wildman–Crippen MR) is 145 cm³/mol. The second-order valence-corrected chi connectivity index (χ2v) is 11.4. The average Bonchev–Trinajstić information content (AvgIpc) is 3.17. The van der Waals surface area contributed by atoms with Crippen molar-refractivity contribution >= 4 is 16.8 Å². The van der Waals surface area contributed by atoms with E-state index in [0.29, 0.717) is 25.0 Å². The van der Waals surface area contributed by atoms with E-state index in [0.717, 1.165) is 48.2 Å². The van der Waals surface area contributed by atoms with Crippen LogP contribution in [0.3, 0.4) is 0 Å². The maximum atomic E-state index is 13.8. The van der Waals surface area contributed by atoms with E-state index >= 15 is 0 Å². The van der Waals surface area contributed by atoms with Gasteiger partial charge in [-0.1, -0.05) is 43.7 Å². The Morgan fingerprint density at radius 2 is 1.94 bits per heavy atom. The first kappa shape index (κ1) is 23.7. The van der Waals surface area contributed by atoms with Gasteiger partial charge in [0, 0.05) is 49.1 Å². The summed E-state index contributed by atoms with van der Waals surface area (Å²) in [6, 6.07) is 17.3. The van der Waals surface area contributed by atoms with Crippen LogP contribution in [0.25, 0.3) is 10.9 Å². The molecular weight excluding hydrogens is 446 g/mol. The molecule has 0 N–H and O–H groups in total. The van der Waals surface area contributed by atoms with Crippen LogP contribution in [0.5, 0.6) is 5.75 Å². The van der Waals surface area contributed by atoms with Gasteiger partial charge in [-0.15, -0.1) is 0 Å². The molecule has 1 saturated carbocycles. The summed E-state index contributed by atoms with van der Waals surface area (Å²) in [5.74, 6) is 3.05. The number of benzene rings is 2. The van der Waals surface area contributed by atoms with Gasteiger partial charge in [-0.3, -0.25) is 14.3 Å². The Balaban J connectivity index is 1.43. The second kappa shape index (κ2) is 9.68. The molecule has 3 aromatic rings. The molecule has 5 heteroatoms. The van der Waals surface area contributed by atoms with Crippen LogP contribution in [0.2, 0.25) is 0 Å². The lowest BCUT2D eigenvalue weighted by Gasteiger charge is -2.53. The fraction of sp³-hybridized carbons (Fsp3) is 0.516. The highest BCUT2D eigenvalue weighted by atomic mass is 16.5. The first-order chi connectivity index (χ1) is 17.5. The van der Waals surface area contributed by atoms with Gasteiger partial charge in [0.2, 0.25) is 5.91 Å². The SMILES string of the molecule is CC[C@H]1C[C@H]2C[C@H]3c4c(c5cc(OCc6ccccc6)ccc5n4C(=O)CCN(C)C)CCN(C2)C13. The van der Waals surface area contributed by atoms with Gasteiger partial charge in [-0.25, -0.2) is 0 Å². The highest BCUT2D eigenvalue weighted by Gasteiger charge is 2.49. The first-order valence-corrected chi connectivity index (χ1v) is 13.8. The van der Waals surface area contributed by atoms with Crippen molar-refractivity contribution in [1.82, 2.24) is 14.4 Å². The lowest BCUT2D eigenvalue weighted by atomic mass is 9.65. The third kappa shape index (κ3) is 4.16. The normalized spacial score (nSPS) is 26.7. The summed E-state index contributed by atoms with van der Waals surface area (Å²) in [5.41, 5.74) is 4.95. The number of nitrogens with zero attached hydrogens (tertiary/aromatic N) is 3. The standard InChI is InChI=1S/C31H39N3O2/c1-4-23-16-22-17-27-30(23)33(19-22)15-12-25-26-18-24(36-20-21-8-6-5-7-9-21)10-11-28(26)34(31(25)27)29(35)13-14-32(2)3/h5-11,18,22-23,27,30H,4,12-17,19-20H2,1-3H3/t22-,23-,27+,30?/m0/s1. The quantitative estimate of drug-likeness (QED) is 0.438. The van der Waals surface area contributed by atoms with Crippen molar-refractivity contribution in [1.29, 1.82) is 0 Å². The Bertz CT molecular complexity index is 1250. The molecule has 2 aromatic carbocycles. The zero-order valence-electron chi connectivity index (χ0n) is 22.0. The van der Waals surface area contributed by atoms with Crippen LogP contribution >= 0.6 is 0 Å². The molecule has 1 aliphatic carbocycles. The lowest BCUT2D eigenvalue weighted by molar-refractivity contribution is -0.0140. The molecule has 0 radical (unpaired) electrons. The van der Waals surface area contributed by atoms with Gasteiger partial charge < -0.3 is 9.64 Å². The van der Waals surface area contributed by atoms with Crippen molar-refractivity contribution in [2.45, 2.75) is 57.6 Å². The van der Waals surface area contributed by atoms with Crippen LogP contribution in [-0.2, 0) is 13.0 Å². The van der Waals surface area contributed by atoms with Crippen molar-refractivity contribution in [2.24, 2.45) is 11.8 Å². The van der Waals surface area contributed by atoms with Crippen molar-refractivity contribution in [3.05, 3.63) is 65.4 Å². The third-order valence-corrected chi connectivity index (χ3v) is 8.91. The number of hydrogen-bond donors (Lipinski definition) is 0. The largest absolute Gasteiger partial charge is 0.489 e. The number of ether oxygens (including phenoxy) is 1. The lowest BCUT2D eigenvalue weighted by Crippen LogP contribution is -2.56. The van der Waals surface area contributed by atoms with Crippen LogP contribution in [-0.4, -0.2) is 60.0 Å². The molecule has 1 aromatic heterocycles. The van der Waals surface area contributed by atoms with Gasteiger partial charge in [0.25, 0.3) is 0 Å². The van der Waals surface area contributed by atoms with E-state index in [9.17, 15) is 4.79 Å². The molecule has 190 valence electrons. The predicted octanol–water partition coefficient (Wildman–Crippen LogP) is 5.57. The average molecular weight is 486 g/mol. The number of hydrogen-bond acceptors (Lipinski definition) is 4. The third-order valence-electron chi connectivity index (χ3n) is 8.91. The Morgan fingerprint density at radius 3 is 2.72 bits per heavy atom. The van der Waals surface area contributed by atoms with E-state index in [2.05, 4.69) is 51.6 Å². The molecule has 3 aliphatic heterocycles. The maximum Gasteiger partial charge on any atom is 0.232 e. The van der Waals surface area contributed by atoms with E-state index in [-0.39, 0.29) is 5.91 Å². The monoisotopic (exact) mass is 485 g/mol. The molecule has 3 fully saturated rings. The van der Waals surface area contributed by atoms with Crippen LogP contribution in [0, 0.1) is 11.8 Å². The highest BCUT2D eigenvalue weighted by molar-refractivity contribution is 5.97. The number of piperidine rings is 2. The van der Waals surface area contributed by atoms with Gasteiger partial charge in [0.15, 0.2) is 0 Å². The number of carbonyl (C=O) groups is 1. The molecule has 4 aliphatic rings. The van der Waals surface area contributed by atoms with E-state index in [4.69, 9.17) is 4.74 Å². The molecule has 0 spiro atoms. The summed E-state index contributed by atoms with van der Waals surface area (Å²) in [5, 5.41) is 1.21. The Morgan fingerprint density at radius 1 is 1.11 bits per heavy atom. The van der Waals surface area contributed by atoms with Crippen molar-refractivity contribution in [2.75, 3.05) is 33.7 Å². The number of fused-ring (bicyclic) bond motifs is 4. The molecule has 4 bridgehead atoms. The molecule has 5 nitrogen and oxygen atoms in total. The smallest absolute Gasteiger partial charge is 0.232 e. The van der Waals surface area contributed by atoms with Gasteiger partial charge in [0.05, 0.1) is 5.52 Å². The number of aromatic nitrogens is 1. The van der Waals surface area contributed by atoms with Crippen LogP contribution in [0.15, 0.2) is 48.5 Å². The molecule has 2 unspecified atom stereocenters. The summed E-state index contributed by atoms with van der Waals surface area (Å²) in [6.45, 7) is 6.01. The van der Waals surface area contributed by atoms with Crippen LogP contribution in [0.4, 0.5) is 0 Å². The Hall–Kier alpha value is -2.63. The molecule has 0 amide bonds. The van der Waals surface area contributed by atoms with Gasteiger partial charge in [-0.05, 0) is 74.5 Å². The van der Waals surface area contributed by atoms with Gasteiger partial charge >= 0.3 is 0 Å². The topological polar surface area (TPSA) is 37.7 Å². The van der Waals surface area contributed by atoms with Gasteiger partial charge in [-0.2, -0.15) is 0 Å². The fourth-order valence-electron chi connectivity index (χ4n) is 7.36. The number of carbonyl (C=O) groups excluding carboxylic acids is 1. The number of rotatable bonds is 7. The molecule has 2 saturated heterocycles. The van der Waals surface area contributed by atoms with E-state index < -0.39 is 0 Å². The fourth-order valence-corrected chi connectivity index (χ4v) is 7.36. The van der Waals surface area contributed by atoms with E-state index in [1.807, 2.05) is 32.3 Å². The minimum Gasteiger partial charge on any atom is -0.489 e. The molecule has 36 heavy (non-hydrogen) atoms. The van der Waals surface area contributed by atoms with Crippen molar-refractivity contribution in [3.8, 4) is 5.75 Å². The summed E-state index contributed by atoms with van der Waals surface area (Å²) in [4.78, 5) is 18.7. The van der Waals surface area contributed by atoms with E-state index in [1.54, 1.807) is 0 Å². The van der Waals surface area contributed by atoms with Crippen molar-refractivity contribution in [3.63, 3.8) is 0 Å². The maximum absolute atomic E-state index is 13.8. The summed E-state index contributed by atoms with van der Waals surface area (Å²) in [7, 11) is 4.09. The van der Waals surface area contributed by atoms with Crippen LogP contribution in [0.1, 0.15) is 60.1 Å². The zero-order chi connectivity index (χ0) is 24.8. The highest BCUT2D eigenvalue weighted by Crippen LogP contribution is 2.52. The van der Waals surface area contributed by atoms with E-state index in [1.165, 1.54) is 42.5 Å². The Labute approximate surface area is 215 Å². The first-order valence-electron chi connectivity index (χ1n) is 13.8. The minimum absolute atomic E-state index is 0.232.